The lowest BCUT2D eigenvalue weighted by Gasteiger charge is -2.31. The van der Waals surface area contributed by atoms with Gasteiger partial charge in [-0.1, -0.05) is 6.07 Å². The molecule has 210 valence electrons. The number of benzene rings is 3. The second kappa shape index (κ2) is 11.3. The minimum absolute atomic E-state index is 0.0408. The molecule has 0 unspecified atom stereocenters. The number of halogens is 1. The van der Waals surface area contributed by atoms with E-state index in [4.69, 9.17) is 9.47 Å². The smallest absolute Gasteiger partial charge is 0.258 e. The molecule has 3 aromatic rings. The third kappa shape index (κ3) is 5.39. The van der Waals surface area contributed by atoms with E-state index in [-0.39, 0.29) is 35.5 Å². The van der Waals surface area contributed by atoms with Gasteiger partial charge in [-0.15, -0.1) is 0 Å². The maximum Gasteiger partial charge on any atom is 0.258 e. The Bertz CT molecular complexity index is 1540. The highest BCUT2D eigenvalue weighted by molar-refractivity contribution is 7.89. The highest BCUT2D eigenvalue weighted by Gasteiger charge is 2.35. The molecule has 0 aliphatic carbocycles. The van der Waals surface area contributed by atoms with Crippen molar-refractivity contribution in [2.45, 2.75) is 24.2 Å². The van der Waals surface area contributed by atoms with Crippen molar-refractivity contribution in [3.63, 3.8) is 0 Å². The van der Waals surface area contributed by atoms with Gasteiger partial charge >= 0.3 is 0 Å². The average molecular weight is 568 g/mol. The Morgan fingerprint density at radius 2 is 1.75 bits per heavy atom. The number of rotatable bonds is 7. The summed E-state index contributed by atoms with van der Waals surface area (Å²) in [5.41, 5.74) is 2.77. The Morgan fingerprint density at radius 3 is 2.48 bits per heavy atom. The van der Waals surface area contributed by atoms with Crippen LogP contribution >= 0.6 is 0 Å². The second-order valence-electron chi connectivity index (χ2n) is 9.77. The molecule has 3 aromatic carbocycles. The summed E-state index contributed by atoms with van der Waals surface area (Å²) >= 11 is 0. The zero-order valence-corrected chi connectivity index (χ0v) is 23.0. The Hall–Kier alpha value is -3.96. The number of sulfonamides is 1. The summed E-state index contributed by atoms with van der Waals surface area (Å²) in [7, 11) is -1.20. The number of hydrogen-bond acceptors (Lipinski definition) is 6. The summed E-state index contributed by atoms with van der Waals surface area (Å²) in [6.45, 7) is 0.699. The molecule has 1 atom stereocenters. The fourth-order valence-corrected chi connectivity index (χ4v) is 6.86. The monoisotopic (exact) mass is 567 g/mol. The largest absolute Gasteiger partial charge is 0.497 e. The first kappa shape index (κ1) is 27.6. The lowest BCUT2D eigenvalue weighted by atomic mass is 9.98. The molecule has 0 aromatic heterocycles. The summed E-state index contributed by atoms with van der Waals surface area (Å²) in [4.78, 5) is 27.9. The van der Waals surface area contributed by atoms with Gasteiger partial charge in [-0.3, -0.25) is 9.59 Å². The van der Waals surface area contributed by atoms with Gasteiger partial charge < -0.3 is 19.7 Å². The lowest BCUT2D eigenvalue weighted by Crippen LogP contribution is -2.43. The molecule has 1 N–H and O–H groups in total. The number of amides is 2. The van der Waals surface area contributed by atoms with Crippen molar-refractivity contribution < 1.29 is 31.9 Å². The minimum atomic E-state index is -4.09. The van der Waals surface area contributed by atoms with E-state index < -0.39 is 21.8 Å². The van der Waals surface area contributed by atoms with Gasteiger partial charge in [0, 0.05) is 36.6 Å². The van der Waals surface area contributed by atoms with Crippen LogP contribution in [0.15, 0.2) is 65.6 Å². The molecule has 2 aliphatic heterocycles. The molecule has 0 saturated carbocycles. The van der Waals surface area contributed by atoms with Crippen LogP contribution in [0.4, 0.5) is 15.8 Å². The van der Waals surface area contributed by atoms with Crippen LogP contribution in [-0.4, -0.2) is 58.4 Å². The number of nitrogens with one attached hydrogen (secondary N) is 1. The van der Waals surface area contributed by atoms with Crippen LogP contribution in [0, 0.1) is 11.7 Å². The van der Waals surface area contributed by atoms with Gasteiger partial charge in [0.1, 0.15) is 22.2 Å². The first-order chi connectivity index (χ1) is 19.2. The molecule has 2 heterocycles. The molecule has 40 heavy (non-hydrogen) atoms. The fraction of sp³-hybridized carbons (Fsp3) is 0.310. The maximum absolute atomic E-state index is 13.9. The van der Waals surface area contributed by atoms with E-state index >= 15 is 0 Å². The van der Waals surface area contributed by atoms with E-state index in [2.05, 4.69) is 5.32 Å². The number of ether oxygens (including phenoxy) is 2. The highest BCUT2D eigenvalue weighted by atomic mass is 32.2. The van der Waals surface area contributed by atoms with Gasteiger partial charge in [-0.25, -0.2) is 12.8 Å². The van der Waals surface area contributed by atoms with Crippen LogP contribution in [0.1, 0.15) is 28.8 Å². The molecule has 2 aliphatic rings. The molecular formula is C29H30FN3O6S. The number of nitrogens with zero attached hydrogens (tertiary/aromatic N) is 2. The Morgan fingerprint density at radius 1 is 0.975 bits per heavy atom. The van der Waals surface area contributed by atoms with E-state index in [1.807, 2.05) is 6.07 Å². The van der Waals surface area contributed by atoms with E-state index in [9.17, 15) is 22.4 Å². The number of methoxy groups -OCH3 is 2. The van der Waals surface area contributed by atoms with Crippen molar-refractivity contribution in [1.82, 2.24) is 4.31 Å². The minimum Gasteiger partial charge on any atom is -0.497 e. The number of carbonyl (C=O) groups is 2. The number of anilines is 2. The summed E-state index contributed by atoms with van der Waals surface area (Å²) in [5, 5.41) is 2.90. The molecule has 9 nitrogen and oxygen atoms in total. The predicted molar refractivity (Wildman–Crippen MR) is 148 cm³/mol. The summed E-state index contributed by atoms with van der Waals surface area (Å²) in [6, 6.07) is 15.7. The van der Waals surface area contributed by atoms with Crippen LogP contribution in [0.25, 0.3) is 0 Å². The Kier molecular flexibility index (Phi) is 7.77. The van der Waals surface area contributed by atoms with Crippen LogP contribution in [-0.2, 0) is 21.2 Å². The molecule has 0 radical (unpaired) electrons. The van der Waals surface area contributed by atoms with E-state index in [1.54, 1.807) is 48.4 Å². The van der Waals surface area contributed by atoms with Crippen molar-refractivity contribution in [3.05, 3.63) is 77.6 Å². The molecular weight excluding hydrogens is 537 g/mol. The zero-order chi connectivity index (χ0) is 28.4. The predicted octanol–water partition coefficient (Wildman–Crippen LogP) is 4.09. The van der Waals surface area contributed by atoms with Gasteiger partial charge in [-0.05, 0) is 79.4 Å². The molecule has 11 heteroatoms. The fourth-order valence-electron chi connectivity index (χ4n) is 5.17. The van der Waals surface area contributed by atoms with Crippen molar-refractivity contribution in [1.29, 1.82) is 0 Å². The van der Waals surface area contributed by atoms with E-state index in [0.717, 1.165) is 23.4 Å². The lowest BCUT2D eigenvalue weighted by molar-refractivity contribution is -0.120. The van der Waals surface area contributed by atoms with Crippen LogP contribution in [0.2, 0.25) is 0 Å². The summed E-state index contributed by atoms with van der Waals surface area (Å²) < 4.78 is 52.1. The van der Waals surface area contributed by atoms with Gasteiger partial charge in [0.25, 0.3) is 5.91 Å². The average Bonchev–Trinajstić information content (AvgIpc) is 3.40. The van der Waals surface area contributed by atoms with Crippen molar-refractivity contribution in [3.8, 4) is 11.5 Å². The molecule has 1 fully saturated rings. The van der Waals surface area contributed by atoms with Crippen molar-refractivity contribution >= 4 is 33.2 Å². The summed E-state index contributed by atoms with van der Waals surface area (Å²) in [6.07, 6.45) is 1.68. The van der Waals surface area contributed by atoms with Gasteiger partial charge in [-0.2, -0.15) is 4.31 Å². The van der Waals surface area contributed by atoms with Crippen LogP contribution < -0.4 is 19.7 Å². The molecule has 5 rings (SSSR count). The Balaban J connectivity index is 1.30. The normalized spacial score (nSPS) is 17.3. The standard InChI is InChI=1S/C29H30FN3O6S/c1-38-24-10-6-20(7-11-24)29(35)33-15-13-19-5-9-23(17-25(19)33)31-28(34)21-4-3-14-32(18-21)40(36,37)27-16-22(30)8-12-26(27)39-2/h5-12,16-17,21H,3-4,13-15,18H2,1-2H3,(H,31,34)/t21-/m1/s1. The molecule has 0 spiro atoms. The number of fused-ring (bicyclic) bond motifs is 1. The van der Waals surface area contributed by atoms with E-state index in [1.165, 1.54) is 17.5 Å². The van der Waals surface area contributed by atoms with Gasteiger partial charge in [0.2, 0.25) is 15.9 Å². The second-order valence-corrected chi connectivity index (χ2v) is 11.7. The van der Waals surface area contributed by atoms with Gasteiger partial charge in [0.15, 0.2) is 0 Å². The molecule has 1 saturated heterocycles. The number of hydrogen-bond donors (Lipinski definition) is 1. The SMILES string of the molecule is COc1ccc(C(=O)N2CCc3ccc(NC(=O)[C@@H]4CCCN(S(=O)(=O)c5cc(F)ccc5OC)C4)cc32)cc1. The Labute approximate surface area is 232 Å². The van der Waals surface area contributed by atoms with Crippen molar-refractivity contribution in [2.75, 3.05) is 44.1 Å². The third-order valence-corrected chi connectivity index (χ3v) is 9.22. The summed E-state index contributed by atoms with van der Waals surface area (Å²) in [5.74, 6) is -1.06. The number of carbonyl (C=O) groups excluding carboxylic acids is 2. The highest BCUT2D eigenvalue weighted by Crippen LogP contribution is 2.34. The molecule has 2 amide bonds. The third-order valence-electron chi connectivity index (χ3n) is 7.33. The first-order valence-corrected chi connectivity index (χ1v) is 14.4. The molecule has 0 bridgehead atoms. The topological polar surface area (TPSA) is 105 Å². The maximum atomic E-state index is 13.9. The van der Waals surface area contributed by atoms with Crippen LogP contribution in [0.3, 0.4) is 0 Å². The van der Waals surface area contributed by atoms with E-state index in [0.29, 0.717) is 42.8 Å². The zero-order valence-electron chi connectivity index (χ0n) is 22.2. The number of piperidine rings is 1. The first-order valence-electron chi connectivity index (χ1n) is 12.9. The van der Waals surface area contributed by atoms with Gasteiger partial charge in [0.05, 0.1) is 20.1 Å². The van der Waals surface area contributed by atoms with Crippen molar-refractivity contribution in [2.24, 2.45) is 5.92 Å². The van der Waals surface area contributed by atoms with Crippen LogP contribution in [0.5, 0.6) is 11.5 Å². The quantitative estimate of drug-likeness (QED) is 0.461.